The molecule has 0 amide bonds. The monoisotopic (exact) mass is 326 g/mol. The zero-order valence-corrected chi connectivity index (χ0v) is 15.3. The van der Waals surface area contributed by atoms with Gasteiger partial charge < -0.3 is 0 Å². The minimum atomic E-state index is -0.117. The van der Waals surface area contributed by atoms with Gasteiger partial charge >= 0.3 is 0 Å². The zero-order chi connectivity index (χ0) is 17.2. The van der Waals surface area contributed by atoms with Crippen LogP contribution in [0, 0.1) is 5.82 Å². The molecule has 0 saturated carbocycles. The first-order valence-corrected chi connectivity index (χ1v) is 9.62. The third kappa shape index (κ3) is 5.78. The molecule has 0 atom stereocenters. The summed E-state index contributed by atoms with van der Waals surface area (Å²) >= 11 is 0. The van der Waals surface area contributed by atoms with Crippen LogP contribution in [0.3, 0.4) is 0 Å². The molecule has 0 aliphatic heterocycles. The van der Waals surface area contributed by atoms with Gasteiger partial charge in [0.15, 0.2) is 0 Å². The van der Waals surface area contributed by atoms with Gasteiger partial charge in [0.2, 0.25) is 0 Å². The zero-order valence-electron chi connectivity index (χ0n) is 15.3. The Labute approximate surface area is 147 Å². The molecule has 0 fully saturated rings. The van der Waals surface area contributed by atoms with Crippen molar-refractivity contribution in [1.29, 1.82) is 0 Å². The molecule has 0 spiro atoms. The van der Waals surface area contributed by atoms with Crippen LogP contribution in [0.15, 0.2) is 42.5 Å². The van der Waals surface area contributed by atoms with Gasteiger partial charge in [-0.1, -0.05) is 88.8 Å². The predicted octanol–water partition coefficient (Wildman–Crippen LogP) is 7.35. The molecule has 24 heavy (non-hydrogen) atoms. The second-order valence-electron chi connectivity index (χ2n) is 6.74. The molecule has 2 rings (SSSR count). The molecule has 0 saturated heterocycles. The Morgan fingerprint density at radius 1 is 0.708 bits per heavy atom. The fourth-order valence-corrected chi connectivity index (χ4v) is 3.15. The van der Waals surface area contributed by atoms with Crippen molar-refractivity contribution in [3.8, 4) is 11.1 Å². The third-order valence-corrected chi connectivity index (χ3v) is 4.78. The minimum Gasteiger partial charge on any atom is -0.206 e. The van der Waals surface area contributed by atoms with E-state index in [1.54, 1.807) is 6.07 Å². The molecule has 130 valence electrons. The van der Waals surface area contributed by atoms with Gasteiger partial charge in [0, 0.05) is 5.56 Å². The molecule has 0 aliphatic carbocycles. The average Bonchev–Trinajstić information content (AvgIpc) is 2.61. The highest BCUT2D eigenvalue weighted by Crippen LogP contribution is 2.24. The van der Waals surface area contributed by atoms with Gasteiger partial charge in [-0.2, -0.15) is 0 Å². The number of aryl methyl sites for hydroxylation is 2. The van der Waals surface area contributed by atoms with Gasteiger partial charge in [-0.25, -0.2) is 4.39 Å². The number of unbranched alkanes of at least 4 members (excludes halogenated alkanes) is 6. The Balaban J connectivity index is 1.82. The van der Waals surface area contributed by atoms with E-state index in [-0.39, 0.29) is 5.82 Å². The molecule has 0 nitrogen and oxygen atoms in total. The van der Waals surface area contributed by atoms with E-state index < -0.39 is 0 Å². The van der Waals surface area contributed by atoms with Crippen molar-refractivity contribution >= 4 is 0 Å². The molecule has 0 heterocycles. The number of benzene rings is 2. The van der Waals surface area contributed by atoms with Gasteiger partial charge in [0.05, 0.1) is 0 Å². The summed E-state index contributed by atoms with van der Waals surface area (Å²) in [6.07, 6.45) is 11.4. The van der Waals surface area contributed by atoms with Crippen molar-refractivity contribution in [1.82, 2.24) is 0 Å². The van der Waals surface area contributed by atoms with Crippen LogP contribution in [0.25, 0.3) is 11.1 Å². The fraction of sp³-hybridized carbons (Fsp3) is 0.478. The van der Waals surface area contributed by atoms with Crippen LogP contribution in [0.1, 0.15) is 69.9 Å². The summed E-state index contributed by atoms with van der Waals surface area (Å²) in [4.78, 5) is 0. The fourth-order valence-electron chi connectivity index (χ4n) is 3.15. The molecule has 2 aromatic rings. The SMILES string of the molecule is CCCCCCCCCc1ccc(-c2ccc(CC)cc2F)cc1. The molecule has 1 heteroatoms. The first kappa shape index (κ1) is 18.7. The molecule has 0 N–H and O–H groups in total. The standard InChI is InChI=1S/C23H31F/c1-3-5-6-7-8-9-10-11-20-12-15-21(16-13-20)22-17-14-19(4-2)18-23(22)24/h12-18H,3-11H2,1-2H3. The van der Waals surface area contributed by atoms with Gasteiger partial charge in [0.1, 0.15) is 5.82 Å². The summed E-state index contributed by atoms with van der Waals surface area (Å²) in [5.74, 6) is -0.117. The van der Waals surface area contributed by atoms with E-state index in [1.165, 1.54) is 50.5 Å². The molecule has 0 bridgehead atoms. The van der Waals surface area contributed by atoms with Crippen LogP contribution in [0.2, 0.25) is 0 Å². The topological polar surface area (TPSA) is 0 Å². The molecule has 0 aromatic heterocycles. The molecule has 0 radical (unpaired) electrons. The number of halogens is 1. The van der Waals surface area contributed by atoms with E-state index in [2.05, 4.69) is 31.2 Å². The Kier molecular flexibility index (Phi) is 8.01. The summed E-state index contributed by atoms with van der Waals surface area (Å²) in [5.41, 5.74) is 4.08. The van der Waals surface area contributed by atoms with E-state index in [9.17, 15) is 4.39 Å². The van der Waals surface area contributed by atoms with Crippen LogP contribution >= 0.6 is 0 Å². The largest absolute Gasteiger partial charge is 0.206 e. The third-order valence-electron chi connectivity index (χ3n) is 4.78. The summed E-state index contributed by atoms with van der Waals surface area (Å²) in [6, 6.07) is 14.0. The number of rotatable bonds is 10. The van der Waals surface area contributed by atoms with Crippen molar-refractivity contribution in [2.45, 2.75) is 71.6 Å². The van der Waals surface area contributed by atoms with E-state index in [0.29, 0.717) is 5.56 Å². The van der Waals surface area contributed by atoms with Gasteiger partial charge in [0.25, 0.3) is 0 Å². The number of hydrogen-bond acceptors (Lipinski definition) is 0. The average molecular weight is 326 g/mol. The highest BCUT2D eigenvalue weighted by Gasteiger charge is 2.06. The summed E-state index contributed by atoms with van der Waals surface area (Å²) in [6.45, 7) is 4.31. The second-order valence-corrected chi connectivity index (χ2v) is 6.74. The maximum Gasteiger partial charge on any atom is 0.131 e. The van der Waals surface area contributed by atoms with Crippen molar-refractivity contribution < 1.29 is 4.39 Å². The lowest BCUT2D eigenvalue weighted by Crippen LogP contribution is -1.90. The Hall–Kier alpha value is -1.63. The lowest BCUT2D eigenvalue weighted by Gasteiger charge is -2.07. The van der Waals surface area contributed by atoms with Crippen molar-refractivity contribution in [2.75, 3.05) is 0 Å². The molecule has 2 aromatic carbocycles. The van der Waals surface area contributed by atoms with Crippen LogP contribution in [0.5, 0.6) is 0 Å². The van der Waals surface area contributed by atoms with E-state index in [1.807, 2.05) is 19.1 Å². The molecule has 0 unspecified atom stereocenters. The maximum atomic E-state index is 14.2. The number of hydrogen-bond donors (Lipinski definition) is 0. The highest BCUT2D eigenvalue weighted by molar-refractivity contribution is 5.64. The normalized spacial score (nSPS) is 11.0. The van der Waals surface area contributed by atoms with Crippen molar-refractivity contribution in [3.63, 3.8) is 0 Å². The molecule has 0 aliphatic rings. The molecular weight excluding hydrogens is 295 g/mol. The van der Waals surface area contributed by atoms with Crippen LogP contribution in [-0.2, 0) is 12.8 Å². The molecular formula is C23H31F. The quantitative estimate of drug-likeness (QED) is 0.400. The first-order valence-electron chi connectivity index (χ1n) is 9.62. The second kappa shape index (κ2) is 10.3. The van der Waals surface area contributed by atoms with E-state index in [4.69, 9.17) is 0 Å². The predicted molar refractivity (Wildman–Crippen MR) is 103 cm³/mol. The van der Waals surface area contributed by atoms with Crippen molar-refractivity contribution in [3.05, 3.63) is 59.4 Å². The minimum absolute atomic E-state index is 0.117. The van der Waals surface area contributed by atoms with Crippen molar-refractivity contribution in [2.24, 2.45) is 0 Å². The van der Waals surface area contributed by atoms with E-state index in [0.717, 1.165) is 24.0 Å². The first-order chi connectivity index (χ1) is 11.7. The lowest BCUT2D eigenvalue weighted by atomic mass is 9.99. The van der Waals surface area contributed by atoms with E-state index >= 15 is 0 Å². The summed E-state index contributed by atoms with van der Waals surface area (Å²) < 4.78 is 14.2. The summed E-state index contributed by atoms with van der Waals surface area (Å²) in [7, 11) is 0. The lowest BCUT2D eigenvalue weighted by molar-refractivity contribution is 0.589. The smallest absolute Gasteiger partial charge is 0.131 e. The Bertz CT molecular complexity index is 598. The van der Waals surface area contributed by atoms with Gasteiger partial charge in [-0.15, -0.1) is 0 Å². The summed E-state index contributed by atoms with van der Waals surface area (Å²) in [5, 5.41) is 0. The Morgan fingerprint density at radius 3 is 1.96 bits per heavy atom. The van der Waals surface area contributed by atoms with Gasteiger partial charge in [-0.05, 0) is 42.0 Å². The highest BCUT2D eigenvalue weighted by atomic mass is 19.1. The maximum absolute atomic E-state index is 14.2. The van der Waals surface area contributed by atoms with Gasteiger partial charge in [-0.3, -0.25) is 0 Å². The Morgan fingerprint density at radius 2 is 1.33 bits per heavy atom. The van der Waals surface area contributed by atoms with Crippen LogP contribution in [-0.4, -0.2) is 0 Å². The van der Waals surface area contributed by atoms with Crippen LogP contribution < -0.4 is 0 Å². The van der Waals surface area contributed by atoms with Crippen LogP contribution in [0.4, 0.5) is 4.39 Å².